The van der Waals surface area contributed by atoms with Crippen molar-refractivity contribution in [1.82, 2.24) is 20.2 Å². The average molecular weight is 1120 g/mol. The maximum atomic E-state index is 15.2. The van der Waals surface area contributed by atoms with E-state index in [0.717, 1.165) is 0 Å². The van der Waals surface area contributed by atoms with E-state index in [1.807, 2.05) is 18.9 Å². The van der Waals surface area contributed by atoms with Gasteiger partial charge in [0.05, 0.1) is 66.4 Å². The van der Waals surface area contributed by atoms with Crippen LogP contribution in [0, 0.1) is 41.3 Å². The number of Topliss-reactive ketones (excluding diaryl/α,β-unsaturated/α-hetero) is 1. The first-order chi connectivity index (χ1) is 37.1. The smallest absolute Gasteiger partial charge is 0.414 e. The molecule has 7 N–H and O–H groups in total. The van der Waals surface area contributed by atoms with Crippen LogP contribution >= 0.6 is 0 Å². The van der Waals surface area contributed by atoms with Gasteiger partial charge in [0, 0.05) is 80.4 Å². The lowest BCUT2D eigenvalue weighted by Crippen LogP contribution is -2.61. The molecule has 21 atom stereocenters. The van der Waals surface area contributed by atoms with Gasteiger partial charge in [-0.1, -0.05) is 27.7 Å². The predicted molar refractivity (Wildman–Crippen MR) is 284 cm³/mol. The van der Waals surface area contributed by atoms with Crippen LogP contribution in [-0.2, 0) is 52.3 Å². The molecule has 5 aliphatic rings. The van der Waals surface area contributed by atoms with Crippen molar-refractivity contribution in [2.75, 3.05) is 51.5 Å². The van der Waals surface area contributed by atoms with E-state index in [0.29, 0.717) is 24.9 Å². The number of aliphatic hydroxyl groups excluding tert-OH is 3. The van der Waals surface area contributed by atoms with Gasteiger partial charge in [-0.05, 0) is 98.4 Å². The van der Waals surface area contributed by atoms with Gasteiger partial charge in [-0.2, -0.15) is 0 Å². The molecule has 2 aromatic rings. The molecule has 0 radical (unpaired) electrons. The quantitative estimate of drug-likeness (QED) is 0.138. The summed E-state index contributed by atoms with van der Waals surface area (Å²) in [4.78, 5) is 66.4. The third-order valence-electron chi connectivity index (χ3n) is 17.6. The van der Waals surface area contributed by atoms with Gasteiger partial charge < -0.3 is 74.3 Å². The van der Waals surface area contributed by atoms with Crippen LogP contribution in [0.2, 0.25) is 0 Å². The summed E-state index contributed by atoms with van der Waals surface area (Å²) < 4.78 is 65.5. The van der Waals surface area contributed by atoms with E-state index in [4.69, 9.17) is 43.6 Å². The second-order valence-corrected chi connectivity index (χ2v) is 23.6. The Balaban J connectivity index is 1.06. The molecule has 1 saturated carbocycles. The van der Waals surface area contributed by atoms with Crippen LogP contribution in [0.3, 0.4) is 0 Å². The number of halogens is 1. The van der Waals surface area contributed by atoms with Crippen LogP contribution in [0.5, 0.6) is 0 Å². The number of carbonyl (C=O) groups excluding carboxylic acids is 4. The topological polar surface area (TPSA) is 293 Å². The Kier molecular flexibility index (Phi) is 19.6. The summed E-state index contributed by atoms with van der Waals surface area (Å²) in [5.41, 5.74) is 1.99. The number of nitrogens with one attached hydrogen (secondary N) is 1. The normalized spacial score (nSPS) is 40.6. The molecule has 5 heterocycles. The number of ether oxygens (including phenoxy) is 8. The van der Waals surface area contributed by atoms with E-state index in [9.17, 15) is 39.6 Å². The fraction of sp³-hybridized carbons (Fsp3) is 0.750. The number of methoxy groups -OCH3 is 2. The summed E-state index contributed by atoms with van der Waals surface area (Å²) in [5, 5.41) is 49.8. The van der Waals surface area contributed by atoms with Gasteiger partial charge >= 0.3 is 12.1 Å². The van der Waals surface area contributed by atoms with Gasteiger partial charge in [-0.15, -0.1) is 0 Å². The minimum atomic E-state index is -2.03. The number of anilines is 2. The Morgan fingerprint density at radius 1 is 0.924 bits per heavy atom. The maximum Gasteiger partial charge on any atom is 0.414 e. The Morgan fingerprint density at radius 3 is 2.23 bits per heavy atom. The van der Waals surface area contributed by atoms with E-state index < -0.39 is 132 Å². The van der Waals surface area contributed by atoms with Gasteiger partial charge in [0.2, 0.25) is 11.9 Å². The number of nitrogens with zero attached hydrogens (tertiary/aromatic N) is 4. The number of hydrogen-bond donors (Lipinski definition) is 6. The fourth-order valence-electron chi connectivity index (χ4n) is 12.4. The van der Waals surface area contributed by atoms with Crippen LogP contribution in [0.15, 0.2) is 30.6 Å². The van der Waals surface area contributed by atoms with Crippen molar-refractivity contribution in [3.8, 4) is 11.1 Å². The summed E-state index contributed by atoms with van der Waals surface area (Å²) in [6, 6.07) is 3.80. The monoisotopic (exact) mass is 1120 g/mol. The summed E-state index contributed by atoms with van der Waals surface area (Å²) >= 11 is 0. The highest BCUT2D eigenvalue weighted by Gasteiger charge is 2.55. The van der Waals surface area contributed by atoms with E-state index in [-0.39, 0.29) is 73.1 Å². The van der Waals surface area contributed by atoms with Gasteiger partial charge in [0.1, 0.15) is 41.6 Å². The molecule has 1 aromatic carbocycles. The lowest BCUT2D eigenvalue weighted by molar-refractivity contribution is -0.319. The van der Waals surface area contributed by atoms with Crippen molar-refractivity contribution < 1.29 is 81.9 Å². The minimum Gasteiger partial charge on any atom is -0.459 e. The van der Waals surface area contributed by atoms with Crippen LogP contribution in [0.4, 0.5) is 20.8 Å². The summed E-state index contributed by atoms with van der Waals surface area (Å²) in [5.74, 6) is -6.13. The Hall–Kier alpha value is -4.53. The lowest BCUT2D eigenvalue weighted by atomic mass is 9.74. The highest BCUT2D eigenvalue weighted by molar-refractivity contribution is 5.90. The Labute approximate surface area is 462 Å². The van der Waals surface area contributed by atoms with Crippen LogP contribution < -0.4 is 16.0 Å². The van der Waals surface area contributed by atoms with Crippen molar-refractivity contribution >= 4 is 35.4 Å². The van der Waals surface area contributed by atoms with Crippen molar-refractivity contribution in [2.45, 2.75) is 192 Å². The fourth-order valence-corrected chi connectivity index (χ4v) is 12.4. The van der Waals surface area contributed by atoms with E-state index in [1.165, 1.54) is 57.5 Å². The zero-order valence-electron chi connectivity index (χ0n) is 47.9. The van der Waals surface area contributed by atoms with Crippen LogP contribution in [0.25, 0.3) is 11.1 Å². The molecule has 4 saturated heterocycles. The third kappa shape index (κ3) is 13.4. The van der Waals surface area contributed by atoms with Gasteiger partial charge in [-0.3, -0.25) is 19.3 Å². The van der Waals surface area contributed by atoms with Crippen molar-refractivity contribution in [3.63, 3.8) is 0 Å². The molecule has 4 aliphatic heterocycles. The number of cyclic esters (lactones) is 2. The van der Waals surface area contributed by atoms with Crippen LogP contribution in [-0.4, -0.2) is 190 Å². The number of benzene rings is 1. The van der Waals surface area contributed by atoms with E-state index >= 15 is 4.39 Å². The zero-order valence-corrected chi connectivity index (χ0v) is 47.9. The Bertz CT molecular complexity index is 2460. The number of hydrogen-bond acceptors (Lipinski definition) is 20. The summed E-state index contributed by atoms with van der Waals surface area (Å²) in [6.07, 6.45) is -8.24. The summed E-state index contributed by atoms with van der Waals surface area (Å²) in [7, 11) is 4.82. The molecule has 7 rings (SSSR count). The molecule has 22 nitrogen and oxygen atoms in total. The maximum absolute atomic E-state index is 15.2. The number of aromatic nitrogens is 2. The van der Waals surface area contributed by atoms with Crippen molar-refractivity contribution in [3.05, 3.63) is 36.4 Å². The molecule has 2 amide bonds. The number of carbonyl (C=O) groups is 4. The molecule has 5 fully saturated rings. The molecular formula is C56H85FN6O16. The number of rotatable bonds is 15. The number of ketones is 1. The average Bonchev–Trinajstić information content (AvgIpc) is 4.10. The first-order valence-corrected chi connectivity index (χ1v) is 27.6. The highest BCUT2D eigenvalue weighted by atomic mass is 19.1. The molecule has 1 aliphatic carbocycles. The summed E-state index contributed by atoms with van der Waals surface area (Å²) in [6.45, 7) is 17.3. The lowest BCUT2D eigenvalue weighted by Gasteiger charge is -2.50. The first-order valence-electron chi connectivity index (χ1n) is 27.6. The second-order valence-electron chi connectivity index (χ2n) is 23.6. The molecule has 0 unspecified atom stereocenters. The molecule has 0 bridgehead atoms. The SMILES string of the molecule is CC[C@H]1OC(=O)[C@H](C)[C@@H](O[C@H]2C[C@@](C)(OC)[C@@H](O)[C@H](C)O2)[C@H](C)[C@@H](O[C@@H]2O[C@H](C)C[C@H](N(C)C[C@H]3C[C@@H]3C(=O)NC[C@H]3CN(c4ccc(-c5cnc(N)nc5)c(F)c4)C(=O)O3)[C@H]2O)[C@](C)(OC)C[C@@H](C)C(=O)[C@H](C)[C@@H](O)[C@]1(C)O. The largest absolute Gasteiger partial charge is 0.459 e. The van der Waals surface area contributed by atoms with Gasteiger partial charge in [0.15, 0.2) is 12.6 Å². The van der Waals surface area contributed by atoms with Gasteiger partial charge in [-0.25, -0.2) is 19.2 Å². The van der Waals surface area contributed by atoms with E-state index in [1.54, 1.807) is 54.5 Å². The number of nitrogens with two attached hydrogens (primary N) is 1. The number of nitrogen functional groups attached to an aromatic ring is 1. The number of esters is 1. The number of aliphatic hydroxyl groups is 4. The molecule has 0 spiro atoms. The highest BCUT2D eigenvalue weighted by Crippen LogP contribution is 2.44. The minimum absolute atomic E-state index is 0.0226. The van der Waals surface area contributed by atoms with Crippen molar-refractivity contribution in [1.29, 1.82) is 0 Å². The first kappa shape index (κ1) is 62.1. The number of likely N-dealkylation sites (N-methyl/N-ethyl adjacent to an activating group) is 1. The van der Waals surface area contributed by atoms with E-state index in [2.05, 4.69) is 15.3 Å². The predicted octanol–water partition coefficient (Wildman–Crippen LogP) is 3.77. The molecule has 442 valence electrons. The van der Waals surface area contributed by atoms with Crippen LogP contribution in [0.1, 0.15) is 101 Å². The van der Waals surface area contributed by atoms with Gasteiger partial charge in [0.25, 0.3) is 0 Å². The zero-order chi connectivity index (χ0) is 58.2. The number of amides is 2. The molecule has 23 heteroatoms. The third-order valence-corrected chi connectivity index (χ3v) is 17.6. The van der Waals surface area contributed by atoms with Crippen molar-refractivity contribution in [2.24, 2.45) is 35.5 Å². The second kappa shape index (κ2) is 24.9. The standard InChI is InChI=1S/C56H85FN6O16/c1-14-41-56(10,71)46(66)29(4)43(64)27(2)20-55(9,73-13)48(30(5)45(31(6)50(69)77-41)78-42-21-54(8,72-12)47(67)32(7)75-42)79-51-44(65)40(17-28(3)74-51)62(11)25-33-18-38(33)49(68)59-24-36-26-63(53(70)76-36)35-15-16-37(39(57)19-35)34-22-60-52(58)61-23-34/h15-16,19,22-23,27-33,36,38,40-42,44-48,51,65-67,71H,14,17-18,20-21,24-26H2,1-13H3,(H,59,68)(H2,58,60,61)/t27-,28-,29+,30+,31-,32+,33-,36+,38+,40+,41-,42+,44-,45+,46-,47+,48-,51+,54-,55-,56-/m1/s1. The molecule has 79 heavy (non-hydrogen) atoms. The molecular weight excluding hydrogens is 1030 g/mol. The Morgan fingerprint density at radius 2 is 1.59 bits per heavy atom. The molecule has 1 aromatic heterocycles.